The first kappa shape index (κ1) is 21.7. The van der Waals surface area contributed by atoms with Gasteiger partial charge in [0.25, 0.3) is 0 Å². The summed E-state index contributed by atoms with van der Waals surface area (Å²) in [6, 6.07) is 0.233. The first-order valence-electron chi connectivity index (χ1n) is 9.03. The summed E-state index contributed by atoms with van der Waals surface area (Å²) in [7, 11) is 0. The van der Waals surface area contributed by atoms with Crippen LogP contribution in [-0.2, 0) is 9.53 Å². The second-order valence-electron chi connectivity index (χ2n) is 5.63. The van der Waals surface area contributed by atoms with E-state index in [0.717, 1.165) is 57.9 Å². The molecular weight excluding hydrogens is 292 g/mol. The van der Waals surface area contributed by atoms with Gasteiger partial charge >= 0.3 is 0 Å². The largest absolute Gasteiger partial charge is 0.381 e. The topological polar surface area (TPSA) is 74.8 Å². The summed E-state index contributed by atoms with van der Waals surface area (Å²) in [6.45, 7) is 12.0. The highest BCUT2D eigenvalue weighted by Crippen LogP contribution is 1.91. The third kappa shape index (κ3) is 14.0. The van der Waals surface area contributed by atoms with Crippen LogP contribution in [0.1, 0.15) is 59.8 Å². The van der Waals surface area contributed by atoms with Crippen LogP contribution in [0.2, 0.25) is 0 Å². The number of rotatable bonds is 13. The number of carbonyl (C=O) groups is 1. The molecule has 6 heteroatoms. The number of amides is 1. The molecule has 1 amide bonds. The van der Waals surface area contributed by atoms with Crippen LogP contribution in [0.4, 0.5) is 0 Å². The van der Waals surface area contributed by atoms with Crippen LogP contribution in [0.5, 0.6) is 0 Å². The SMILES string of the molecule is CCCCOCCCN=C(NCC)NCCC(=O)NC(C)CC. The molecule has 0 aliphatic heterocycles. The average molecular weight is 329 g/mol. The number of hydrogen-bond donors (Lipinski definition) is 3. The number of guanidine groups is 1. The van der Waals surface area contributed by atoms with E-state index in [4.69, 9.17) is 4.74 Å². The molecule has 0 heterocycles. The van der Waals surface area contributed by atoms with Crippen LogP contribution in [0, 0.1) is 0 Å². The van der Waals surface area contributed by atoms with Crippen LogP contribution < -0.4 is 16.0 Å². The van der Waals surface area contributed by atoms with E-state index < -0.39 is 0 Å². The Hall–Kier alpha value is -1.30. The van der Waals surface area contributed by atoms with Gasteiger partial charge in [-0.25, -0.2) is 0 Å². The zero-order valence-corrected chi connectivity index (χ0v) is 15.4. The molecule has 0 spiro atoms. The van der Waals surface area contributed by atoms with E-state index in [1.165, 1.54) is 0 Å². The van der Waals surface area contributed by atoms with E-state index in [-0.39, 0.29) is 11.9 Å². The minimum Gasteiger partial charge on any atom is -0.381 e. The molecule has 23 heavy (non-hydrogen) atoms. The maximum atomic E-state index is 11.7. The zero-order chi connectivity index (χ0) is 17.3. The Labute approximate surface area is 141 Å². The molecule has 1 unspecified atom stereocenters. The molecule has 0 aliphatic carbocycles. The summed E-state index contributed by atoms with van der Waals surface area (Å²) in [5.74, 6) is 0.837. The fraction of sp³-hybridized carbons (Fsp3) is 0.882. The molecular formula is C17H36N4O2. The Morgan fingerprint density at radius 3 is 2.52 bits per heavy atom. The Balaban J connectivity index is 3.87. The molecule has 0 radical (unpaired) electrons. The van der Waals surface area contributed by atoms with E-state index in [9.17, 15) is 4.79 Å². The smallest absolute Gasteiger partial charge is 0.221 e. The van der Waals surface area contributed by atoms with Crippen LogP contribution in [0.3, 0.4) is 0 Å². The Bertz CT molecular complexity index is 322. The van der Waals surface area contributed by atoms with Gasteiger partial charge in [0.15, 0.2) is 5.96 Å². The normalized spacial score (nSPS) is 12.8. The summed E-state index contributed by atoms with van der Waals surface area (Å²) >= 11 is 0. The number of nitrogens with one attached hydrogen (secondary N) is 3. The van der Waals surface area contributed by atoms with Crippen LogP contribution >= 0.6 is 0 Å². The summed E-state index contributed by atoms with van der Waals surface area (Å²) in [6.07, 6.45) is 4.59. The molecule has 136 valence electrons. The van der Waals surface area contributed by atoms with Crippen molar-refractivity contribution >= 4 is 11.9 Å². The lowest BCUT2D eigenvalue weighted by molar-refractivity contribution is -0.121. The minimum absolute atomic E-state index is 0.0759. The molecule has 0 saturated heterocycles. The molecule has 0 saturated carbocycles. The van der Waals surface area contributed by atoms with Crippen molar-refractivity contribution in [1.82, 2.24) is 16.0 Å². The van der Waals surface area contributed by atoms with Crippen molar-refractivity contribution in [3.63, 3.8) is 0 Å². The van der Waals surface area contributed by atoms with E-state index in [1.807, 2.05) is 13.8 Å². The Morgan fingerprint density at radius 1 is 1.13 bits per heavy atom. The number of ether oxygens (including phenoxy) is 1. The Kier molecular flexibility index (Phi) is 14.7. The summed E-state index contributed by atoms with van der Waals surface area (Å²) in [4.78, 5) is 16.2. The van der Waals surface area contributed by atoms with Crippen molar-refractivity contribution in [3.05, 3.63) is 0 Å². The second-order valence-corrected chi connectivity index (χ2v) is 5.63. The van der Waals surface area contributed by atoms with Gasteiger partial charge < -0.3 is 20.7 Å². The van der Waals surface area contributed by atoms with E-state index in [2.05, 4.69) is 34.8 Å². The van der Waals surface area contributed by atoms with Gasteiger partial charge in [-0.1, -0.05) is 20.3 Å². The lowest BCUT2D eigenvalue weighted by Crippen LogP contribution is -2.40. The van der Waals surface area contributed by atoms with Crippen molar-refractivity contribution in [2.45, 2.75) is 65.8 Å². The highest BCUT2D eigenvalue weighted by Gasteiger charge is 2.05. The number of carbonyl (C=O) groups excluding carboxylic acids is 1. The molecule has 0 aromatic rings. The van der Waals surface area contributed by atoms with Gasteiger partial charge in [0.2, 0.25) is 5.91 Å². The third-order valence-electron chi connectivity index (χ3n) is 3.37. The molecule has 0 fully saturated rings. The molecule has 0 aliphatic rings. The lowest BCUT2D eigenvalue weighted by atomic mass is 10.2. The quantitative estimate of drug-likeness (QED) is 0.275. The number of hydrogen-bond acceptors (Lipinski definition) is 3. The van der Waals surface area contributed by atoms with E-state index in [0.29, 0.717) is 13.0 Å². The van der Waals surface area contributed by atoms with Crippen LogP contribution in [0.25, 0.3) is 0 Å². The third-order valence-corrected chi connectivity index (χ3v) is 3.37. The van der Waals surface area contributed by atoms with Gasteiger partial charge in [0.1, 0.15) is 0 Å². The molecule has 0 rings (SSSR count). The number of unbranched alkanes of at least 4 members (excludes halogenated alkanes) is 1. The van der Waals surface area contributed by atoms with E-state index in [1.54, 1.807) is 0 Å². The van der Waals surface area contributed by atoms with Crippen molar-refractivity contribution in [3.8, 4) is 0 Å². The fourth-order valence-corrected chi connectivity index (χ4v) is 1.79. The predicted molar refractivity (Wildman–Crippen MR) is 96.8 cm³/mol. The van der Waals surface area contributed by atoms with Crippen LogP contribution in [-0.4, -0.2) is 50.8 Å². The lowest BCUT2D eigenvalue weighted by Gasteiger charge is -2.13. The molecule has 3 N–H and O–H groups in total. The van der Waals surface area contributed by atoms with E-state index >= 15 is 0 Å². The monoisotopic (exact) mass is 328 g/mol. The highest BCUT2D eigenvalue weighted by atomic mass is 16.5. The van der Waals surface area contributed by atoms with Crippen molar-refractivity contribution in [2.75, 3.05) is 32.8 Å². The summed E-state index contributed by atoms with van der Waals surface area (Å²) < 4.78 is 5.51. The first-order chi connectivity index (χ1) is 11.1. The van der Waals surface area contributed by atoms with Gasteiger partial charge in [0.05, 0.1) is 0 Å². The van der Waals surface area contributed by atoms with Gasteiger partial charge in [-0.05, 0) is 33.1 Å². The zero-order valence-electron chi connectivity index (χ0n) is 15.4. The predicted octanol–water partition coefficient (Wildman–Crippen LogP) is 2.05. The second kappa shape index (κ2) is 15.6. The number of aliphatic imine (C=N–C) groups is 1. The van der Waals surface area contributed by atoms with Crippen LogP contribution in [0.15, 0.2) is 4.99 Å². The molecule has 0 bridgehead atoms. The molecule has 0 aromatic heterocycles. The standard InChI is InChI=1S/C17H36N4O2/c1-5-8-13-23-14-9-11-19-17(18-7-3)20-12-10-16(22)21-15(4)6-2/h15H,5-14H2,1-4H3,(H,21,22)(H2,18,19,20). The highest BCUT2D eigenvalue weighted by molar-refractivity contribution is 5.81. The maximum absolute atomic E-state index is 11.7. The molecule has 6 nitrogen and oxygen atoms in total. The van der Waals surface area contributed by atoms with Crippen molar-refractivity contribution < 1.29 is 9.53 Å². The minimum atomic E-state index is 0.0759. The fourth-order valence-electron chi connectivity index (χ4n) is 1.79. The number of nitrogens with zero attached hydrogens (tertiary/aromatic N) is 1. The van der Waals surface area contributed by atoms with Gasteiger partial charge in [0, 0.05) is 45.3 Å². The molecule has 0 aromatic carbocycles. The summed E-state index contributed by atoms with van der Waals surface area (Å²) in [5.41, 5.74) is 0. The molecule has 1 atom stereocenters. The van der Waals surface area contributed by atoms with Gasteiger partial charge in [-0.3, -0.25) is 9.79 Å². The Morgan fingerprint density at radius 2 is 1.87 bits per heavy atom. The van der Waals surface area contributed by atoms with Crippen molar-refractivity contribution in [2.24, 2.45) is 4.99 Å². The van der Waals surface area contributed by atoms with Gasteiger partial charge in [-0.2, -0.15) is 0 Å². The van der Waals surface area contributed by atoms with Crippen molar-refractivity contribution in [1.29, 1.82) is 0 Å². The maximum Gasteiger partial charge on any atom is 0.221 e. The first-order valence-corrected chi connectivity index (χ1v) is 9.03. The average Bonchev–Trinajstić information content (AvgIpc) is 2.53. The summed E-state index contributed by atoms with van der Waals surface area (Å²) in [5, 5.41) is 9.33. The van der Waals surface area contributed by atoms with Gasteiger partial charge in [-0.15, -0.1) is 0 Å².